The Hall–Kier alpha value is -0.110. The first-order valence-corrected chi connectivity index (χ1v) is 16.7. The van der Waals surface area contributed by atoms with Gasteiger partial charge in [-0.1, -0.05) is 90.4 Å². The summed E-state index contributed by atoms with van der Waals surface area (Å²) in [5, 5.41) is 0. The van der Waals surface area contributed by atoms with E-state index in [0.29, 0.717) is 16.8 Å². The van der Waals surface area contributed by atoms with E-state index >= 15 is 0 Å². The maximum atomic E-state index is 12.4. The lowest BCUT2D eigenvalue weighted by atomic mass is 9.95. The molecule has 0 saturated heterocycles. The average molecular weight is 555 g/mol. The molecule has 0 bridgehead atoms. The number of methoxy groups -OCH3 is 1. The van der Waals surface area contributed by atoms with Gasteiger partial charge in [-0.2, -0.15) is 11.8 Å². The molecule has 0 heterocycles. The number of unbranched alkanes of at least 4 members (excludes halogenated alkanes) is 13. The number of ether oxygens (including phenoxy) is 1. The number of quaternary nitrogens is 1. The lowest BCUT2D eigenvalue weighted by molar-refractivity contribution is -0.870. The van der Waals surface area contributed by atoms with Crippen LogP contribution >= 0.6 is 19.6 Å². The summed E-state index contributed by atoms with van der Waals surface area (Å²) in [5.41, 5.74) is -1.00. The summed E-state index contributed by atoms with van der Waals surface area (Å²) in [4.78, 5) is 22.3. The number of esters is 1. The molecule has 0 fully saturated rings. The van der Waals surface area contributed by atoms with Crippen LogP contribution in [0.15, 0.2) is 0 Å². The van der Waals surface area contributed by atoms with E-state index in [1.807, 2.05) is 21.1 Å². The van der Waals surface area contributed by atoms with Gasteiger partial charge in [-0.25, -0.2) is 4.57 Å². The number of phosphoric acid groups is 1. The Balaban J connectivity index is 3.97. The van der Waals surface area contributed by atoms with Crippen molar-refractivity contribution in [1.82, 2.24) is 0 Å². The van der Waals surface area contributed by atoms with Crippen LogP contribution in [-0.2, 0) is 23.1 Å². The SMILES string of the molecule is CCCCCCCCCCCCCCCCSCC(C)(COP(=O)(O)OCC[N+](C)(C)C)C(=O)OC. The number of rotatable bonds is 25. The number of likely N-dealkylation sites (N-methyl/N-ethyl adjacent to an activating group) is 1. The predicted octanol–water partition coefficient (Wildman–Crippen LogP) is 7.22. The standard InChI is InChI=1S/C27H56NO6PS/c1-7-8-9-10-11-12-13-14-15-16-17-18-19-20-23-36-25-27(2,26(29)32-6)24-34-35(30,31)33-22-21-28(3,4)5/h7-25H2,1-6H3/p+1. The van der Waals surface area contributed by atoms with Crippen molar-refractivity contribution in [2.45, 2.75) is 104 Å². The Morgan fingerprint density at radius 1 is 0.861 bits per heavy atom. The molecule has 216 valence electrons. The molecule has 0 amide bonds. The predicted molar refractivity (Wildman–Crippen MR) is 152 cm³/mol. The molecule has 0 saturated carbocycles. The molecule has 9 heteroatoms. The second-order valence-electron chi connectivity index (χ2n) is 11.3. The van der Waals surface area contributed by atoms with Gasteiger partial charge in [0, 0.05) is 5.75 Å². The van der Waals surface area contributed by atoms with Gasteiger partial charge < -0.3 is 14.1 Å². The van der Waals surface area contributed by atoms with Gasteiger partial charge in [0.25, 0.3) is 0 Å². The highest BCUT2D eigenvalue weighted by Gasteiger charge is 2.38. The number of carbonyl (C=O) groups is 1. The van der Waals surface area contributed by atoms with Gasteiger partial charge in [-0.05, 0) is 19.1 Å². The van der Waals surface area contributed by atoms with E-state index in [4.69, 9.17) is 13.8 Å². The number of hydrogen-bond acceptors (Lipinski definition) is 6. The minimum atomic E-state index is -4.23. The van der Waals surface area contributed by atoms with Crippen LogP contribution in [0.4, 0.5) is 0 Å². The van der Waals surface area contributed by atoms with Gasteiger partial charge >= 0.3 is 13.8 Å². The van der Waals surface area contributed by atoms with Gasteiger partial charge in [0.1, 0.15) is 13.2 Å². The molecule has 2 unspecified atom stereocenters. The maximum Gasteiger partial charge on any atom is 0.472 e. The van der Waals surface area contributed by atoms with E-state index in [0.717, 1.165) is 12.2 Å². The van der Waals surface area contributed by atoms with Crippen LogP contribution in [0.5, 0.6) is 0 Å². The first-order chi connectivity index (χ1) is 17.0. The van der Waals surface area contributed by atoms with Crippen molar-refractivity contribution in [3.05, 3.63) is 0 Å². The molecule has 36 heavy (non-hydrogen) atoms. The average Bonchev–Trinajstić information content (AvgIpc) is 2.81. The quantitative estimate of drug-likeness (QED) is 0.0552. The molecule has 0 aliphatic heterocycles. The Labute approximate surface area is 226 Å². The summed E-state index contributed by atoms with van der Waals surface area (Å²) < 4.78 is 28.0. The fourth-order valence-electron chi connectivity index (χ4n) is 3.79. The monoisotopic (exact) mass is 554 g/mol. The molecule has 1 N–H and O–H groups in total. The third-order valence-electron chi connectivity index (χ3n) is 6.30. The number of carbonyl (C=O) groups excluding carboxylic acids is 1. The van der Waals surface area contributed by atoms with Crippen molar-refractivity contribution >= 4 is 25.6 Å². The molecular weight excluding hydrogens is 497 g/mol. The Bertz CT molecular complexity index is 601. The molecule has 0 radical (unpaired) electrons. The van der Waals surface area contributed by atoms with Gasteiger partial charge in [-0.3, -0.25) is 13.8 Å². The molecule has 0 rings (SSSR count). The van der Waals surface area contributed by atoms with Crippen molar-refractivity contribution in [1.29, 1.82) is 0 Å². The minimum absolute atomic E-state index is 0.0973. The van der Waals surface area contributed by atoms with E-state index in [1.165, 1.54) is 90.6 Å². The second-order valence-corrected chi connectivity index (χ2v) is 13.8. The van der Waals surface area contributed by atoms with Crippen molar-refractivity contribution < 1.29 is 32.5 Å². The zero-order valence-electron chi connectivity index (χ0n) is 24.2. The fourth-order valence-corrected chi connectivity index (χ4v) is 5.83. The second kappa shape index (κ2) is 20.8. The lowest BCUT2D eigenvalue weighted by Crippen LogP contribution is -2.38. The van der Waals surface area contributed by atoms with Crippen molar-refractivity contribution in [3.63, 3.8) is 0 Å². The topological polar surface area (TPSA) is 82.1 Å². The van der Waals surface area contributed by atoms with E-state index in [-0.39, 0.29) is 13.2 Å². The summed E-state index contributed by atoms with van der Waals surface area (Å²) >= 11 is 1.66. The zero-order valence-corrected chi connectivity index (χ0v) is 25.9. The van der Waals surface area contributed by atoms with Crippen LogP contribution in [0.3, 0.4) is 0 Å². The van der Waals surface area contributed by atoms with E-state index in [2.05, 4.69) is 6.92 Å². The highest BCUT2D eigenvalue weighted by molar-refractivity contribution is 7.99. The van der Waals surface area contributed by atoms with Gasteiger partial charge in [-0.15, -0.1) is 0 Å². The van der Waals surface area contributed by atoms with Crippen LogP contribution < -0.4 is 0 Å². The van der Waals surface area contributed by atoms with Gasteiger partial charge in [0.05, 0.1) is 40.3 Å². The molecule has 7 nitrogen and oxygen atoms in total. The normalized spacial score (nSPS) is 15.4. The largest absolute Gasteiger partial charge is 0.472 e. The highest BCUT2D eigenvalue weighted by Crippen LogP contribution is 2.45. The summed E-state index contributed by atoms with van der Waals surface area (Å²) in [6.45, 7) is 4.42. The molecule has 0 aromatic carbocycles. The first-order valence-electron chi connectivity index (χ1n) is 14.0. The number of nitrogens with zero attached hydrogens (tertiary/aromatic N) is 1. The van der Waals surface area contributed by atoms with Gasteiger partial charge in [0.15, 0.2) is 0 Å². The minimum Gasteiger partial charge on any atom is -0.469 e. The molecule has 0 aromatic heterocycles. The summed E-state index contributed by atoms with van der Waals surface area (Å²) in [6.07, 6.45) is 18.6. The van der Waals surface area contributed by atoms with Crippen molar-refractivity contribution in [2.75, 3.05) is 59.5 Å². The number of thioether (sulfide) groups is 1. The fraction of sp³-hybridized carbons (Fsp3) is 0.963. The van der Waals surface area contributed by atoms with Crippen molar-refractivity contribution in [3.8, 4) is 0 Å². The Morgan fingerprint density at radius 3 is 1.78 bits per heavy atom. The Kier molecular flexibility index (Phi) is 20.7. The smallest absolute Gasteiger partial charge is 0.469 e. The Morgan fingerprint density at radius 2 is 1.33 bits per heavy atom. The first kappa shape index (κ1) is 35.9. The van der Waals surface area contributed by atoms with Crippen LogP contribution in [0.25, 0.3) is 0 Å². The molecule has 0 aliphatic carbocycles. The van der Waals surface area contributed by atoms with Crippen molar-refractivity contribution in [2.24, 2.45) is 5.41 Å². The van der Waals surface area contributed by atoms with Crippen LogP contribution in [-0.4, -0.2) is 74.9 Å². The van der Waals surface area contributed by atoms with Crippen LogP contribution in [0, 0.1) is 5.41 Å². The molecule has 2 atom stereocenters. The van der Waals surface area contributed by atoms with Crippen LogP contribution in [0.2, 0.25) is 0 Å². The summed E-state index contributed by atoms with van der Waals surface area (Å²) in [5.74, 6) is 0.973. The lowest BCUT2D eigenvalue weighted by Gasteiger charge is -2.27. The van der Waals surface area contributed by atoms with E-state index in [1.54, 1.807) is 18.7 Å². The highest BCUT2D eigenvalue weighted by atomic mass is 32.2. The summed E-state index contributed by atoms with van der Waals surface area (Å²) in [6, 6.07) is 0. The number of phosphoric ester groups is 1. The number of hydrogen-bond donors (Lipinski definition) is 1. The van der Waals surface area contributed by atoms with Crippen LogP contribution in [0.1, 0.15) is 104 Å². The van der Waals surface area contributed by atoms with Gasteiger partial charge in [0.2, 0.25) is 0 Å². The third-order valence-corrected chi connectivity index (χ3v) is 8.69. The molecule has 0 spiro atoms. The maximum absolute atomic E-state index is 12.4. The zero-order chi connectivity index (χ0) is 27.3. The van der Waals surface area contributed by atoms with E-state index < -0.39 is 19.2 Å². The third kappa shape index (κ3) is 20.9. The van der Waals surface area contributed by atoms with E-state index in [9.17, 15) is 14.3 Å². The summed E-state index contributed by atoms with van der Waals surface area (Å²) in [7, 11) is 3.01. The molecule has 0 aliphatic rings. The molecular formula is C27H57NO6PS+. The molecule has 0 aromatic rings.